The molecule has 0 radical (unpaired) electrons. The second kappa shape index (κ2) is 11.5. The van der Waals surface area contributed by atoms with Crippen LogP contribution in [0.25, 0.3) is 28.5 Å². The molecule has 5 aromatic rings. The molecule has 2 aromatic heterocycles. The van der Waals surface area contributed by atoms with Crippen LogP contribution in [0.1, 0.15) is 19.7 Å². The van der Waals surface area contributed by atoms with Crippen molar-refractivity contribution in [3.63, 3.8) is 0 Å². The highest BCUT2D eigenvalue weighted by Gasteiger charge is 2.18. The van der Waals surface area contributed by atoms with Crippen molar-refractivity contribution in [3.8, 4) is 40.0 Å². The molecule has 0 aliphatic heterocycles. The van der Waals surface area contributed by atoms with Crippen LogP contribution in [0.5, 0.6) is 11.5 Å². The second-order valence-electron chi connectivity index (χ2n) is 7.83. The van der Waals surface area contributed by atoms with Crippen LogP contribution in [-0.4, -0.2) is 38.1 Å². The number of benzene rings is 3. The van der Waals surface area contributed by atoms with Crippen molar-refractivity contribution in [2.24, 2.45) is 0 Å². The molecule has 0 N–H and O–H groups in total. The zero-order chi connectivity index (χ0) is 25.6. The van der Waals surface area contributed by atoms with Crippen molar-refractivity contribution < 1.29 is 14.0 Å². The second-order valence-corrected chi connectivity index (χ2v) is 9.21. The Morgan fingerprint density at radius 1 is 0.811 bits per heavy atom. The van der Waals surface area contributed by atoms with Gasteiger partial charge in [-0.05, 0) is 86.6 Å². The van der Waals surface area contributed by atoms with E-state index in [0.29, 0.717) is 46.7 Å². The molecule has 10 heteroatoms. The Labute approximate surface area is 223 Å². The van der Waals surface area contributed by atoms with Gasteiger partial charge in [-0.3, -0.25) is 4.57 Å². The third-order valence-corrected chi connectivity index (χ3v) is 6.52. The Morgan fingerprint density at radius 3 is 2.08 bits per heavy atom. The minimum absolute atomic E-state index is 0.430. The molecule has 0 fully saturated rings. The van der Waals surface area contributed by atoms with Gasteiger partial charge in [-0.25, -0.2) is 0 Å². The maximum absolute atomic E-state index is 6.10. The zero-order valence-electron chi connectivity index (χ0n) is 20.3. The summed E-state index contributed by atoms with van der Waals surface area (Å²) in [5.74, 6) is 3.74. The standard InChI is InChI=1S/C27H24ClN5O3S/c1-3-34-22-13-7-18(8-14-22)25-29-24(36-32-25)17-37-27-31-30-26(19-5-9-20(28)10-6-19)33(27)21-11-15-23(16-12-21)35-4-2/h5-16H,3-4,17H2,1-2H3. The van der Waals surface area contributed by atoms with E-state index in [1.54, 1.807) is 0 Å². The van der Waals surface area contributed by atoms with Crippen molar-refractivity contribution in [3.05, 3.63) is 83.7 Å². The minimum Gasteiger partial charge on any atom is -0.494 e. The highest BCUT2D eigenvalue weighted by molar-refractivity contribution is 7.98. The number of hydrogen-bond acceptors (Lipinski definition) is 8. The Morgan fingerprint density at radius 2 is 1.43 bits per heavy atom. The first-order valence-corrected chi connectivity index (χ1v) is 13.1. The number of aromatic nitrogens is 5. The Bertz CT molecular complexity index is 1450. The lowest BCUT2D eigenvalue weighted by Crippen LogP contribution is -2.00. The molecule has 37 heavy (non-hydrogen) atoms. The normalized spacial score (nSPS) is 11.0. The molecule has 8 nitrogen and oxygen atoms in total. The molecule has 0 spiro atoms. The number of hydrogen-bond donors (Lipinski definition) is 0. The summed E-state index contributed by atoms with van der Waals surface area (Å²) in [7, 11) is 0. The highest BCUT2D eigenvalue weighted by atomic mass is 35.5. The van der Waals surface area contributed by atoms with E-state index in [1.165, 1.54) is 11.8 Å². The topological polar surface area (TPSA) is 88.1 Å². The fourth-order valence-electron chi connectivity index (χ4n) is 3.66. The molecule has 0 unspecified atom stereocenters. The van der Waals surface area contributed by atoms with E-state index in [0.717, 1.165) is 28.3 Å². The molecular weight excluding hydrogens is 510 g/mol. The van der Waals surface area contributed by atoms with Gasteiger partial charge in [0.25, 0.3) is 0 Å². The van der Waals surface area contributed by atoms with Crippen LogP contribution in [0, 0.1) is 0 Å². The first-order chi connectivity index (χ1) is 18.1. The first kappa shape index (κ1) is 24.9. The quantitative estimate of drug-likeness (QED) is 0.183. The van der Waals surface area contributed by atoms with Gasteiger partial charge in [0.15, 0.2) is 11.0 Å². The summed E-state index contributed by atoms with van der Waals surface area (Å²) in [5, 5.41) is 14.4. The third-order valence-electron chi connectivity index (χ3n) is 5.36. The molecule has 0 amide bonds. The Balaban J connectivity index is 1.40. The summed E-state index contributed by atoms with van der Waals surface area (Å²) >= 11 is 7.56. The number of nitrogens with zero attached hydrogens (tertiary/aromatic N) is 5. The largest absolute Gasteiger partial charge is 0.494 e. The molecule has 0 aliphatic carbocycles. The number of rotatable bonds is 10. The molecule has 0 bridgehead atoms. The molecule has 3 aromatic carbocycles. The summed E-state index contributed by atoms with van der Waals surface area (Å²) < 4.78 is 18.6. The summed E-state index contributed by atoms with van der Waals surface area (Å²) in [6.07, 6.45) is 0. The molecule has 5 rings (SSSR count). The average molecular weight is 534 g/mol. The van der Waals surface area contributed by atoms with Gasteiger partial charge in [0, 0.05) is 21.8 Å². The monoisotopic (exact) mass is 533 g/mol. The van der Waals surface area contributed by atoms with E-state index in [9.17, 15) is 0 Å². The van der Waals surface area contributed by atoms with E-state index < -0.39 is 0 Å². The molecule has 0 saturated carbocycles. The van der Waals surface area contributed by atoms with Crippen LogP contribution < -0.4 is 9.47 Å². The Hall–Kier alpha value is -3.82. The SMILES string of the molecule is CCOc1ccc(-c2noc(CSc3nnc(-c4ccc(Cl)cc4)n3-c3ccc(OCC)cc3)n2)cc1. The van der Waals surface area contributed by atoms with Gasteiger partial charge in [0.1, 0.15) is 11.5 Å². The lowest BCUT2D eigenvalue weighted by Gasteiger charge is -2.11. The maximum atomic E-state index is 6.10. The van der Waals surface area contributed by atoms with Crippen LogP contribution >= 0.6 is 23.4 Å². The summed E-state index contributed by atoms with van der Waals surface area (Å²) in [6.45, 7) is 5.13. The molecule has 0 atom stereocenters. The van der Waals surface area contributed by atoms with Gasteiger partial charge in [-0.15, -0.1) is 10.2 Å². The smallest absolute Gasteiger partial charge is 0.237 e. The van der Waals surface area contributed by atoms with Crippen LogP contribution in [0.2, 0.25) is 5.02 Å². The summed E-state index contributed by atoms with van der Waals surface area (Å²) in [6, 6.07) is 22.9. The van der Waals surface area contributed by atoms with E-state index >= 15 is 0 Å². The van der Waals surface area contributed by atoms with E-state index in [1.807, 2.05) is 91.2 Å². The van der Waals surface area contributed by atoms with Gasteiger partial charge in [0.2, 0.25) is 11.7 Å². The van der Waals surface area contributed by atoms with E-state index in [4.69, 9.17) is 25.6 Å². The van der Waals surface area contributed by atoms with Gasteiger partial charge in [0.05, 0.1) is 19.0 Å². The lowest BCUT2D eigenvalue weighted by molar-refractivity contribution is 0.340. The molecule has 0 saturated heterocycles. The fraction of sp³-hybridized carbons (Fsp3) is 0.185. The minimum atomic E-state index is 0.430. The van der Waals surface area contributed by atoms with Crippen LogP contribution in [0.4, 0.5) is 0 Å². The predicted molar refractivity (Wildman–Crippen MR) is 143 cm³/mol. The van der Waals surface area contributed by atoms with E-state index in [2.05, 4.69) is 20.3 Å². The Kier molecular flexibility index (Phi) is 7.72. The molecule has 2 heterocycles. The zero-order valence-corrected chi connectivity index (χ0v) is 21.9. The number of ether oxygens (including phenoxy) is 2. The van der Waals surface area contributed by atoms with Crippen molar-refractivity contribution in [1.29, 1.82) is 0 Å². The van der Waals surface area contributed by atoms with Crippen molar-refractivity contribution >= 4 is 23.4 Å². The predicted octanol–water partition coefficient (Wildman–Crippen LogP) is 6.73. The first-order valence-electron chi connectivity index (χ1n) is 11.8. The number of halogens is 1. The lowest BCUT2D eigenvalue weighted by atomic mass is 10.2. The van der Waals surface area contributed by atoms with Gasteiger partial charge in [-0.2, -0.15) is 4.98 Å². The fourth-order valence-corrected chi connectivity index (χ4v) is 4.58. The van der Waals surface area contributed by atoms with E-state index in [-0.39, 0.29) is 0 Å². The van der Waals surface area contributed by atoms with Crippen LogP contribution in [-0.2, 0) is 5.75 Å². The molecular formula is C27H24ClN5O3S. The summed E-state index contributed by atoms with van der Waals surface area (Å²) in [4.78, 5) is 4.55. The van der Waals surface area contributed by atoms with Crippen molar-refractivity contribution in [2.75, 3.05) is 13.2 Å². The average Bonchev–Trinajstić information content (AvgIpc) is 3.57. The molecule has 188 valence electrons. The van der Waals surface area contributed by atoms with Crippen molar-refractivity contribution in [1.82, 2.24) is 24.9 Å². The molecule has 0 aliphatic rings. The summed E-state index contributed by atoms with van der Waals surface area (Å²) in [5.41, 5.74) is 2.65. The van der Waals surface area contributed by atoms with Gasteiger partial charge >= 0.3 is 0 Å². The third kappa shape index (κ3) is 5.79. The highest BCUT2D eigenvalue weighted by Crippen LogP contribution is 2.31. The van der Waals surface area contributed by atoms with Gasteiger partial charge < -0.3 is 14.0 Å². The van der Waals surface area contributed by atoms with Crippen LogP contribution in [0.15, 0.2) is 82.5 Å². The van der Waals surface area contributed by atoms with Crippen LogP contribution in [0.3, 0.4) is 0 Å². The maximum Gasteiger partial charge on any atom is 0.237 e. The van der Waals surface area contributed by atoms with Gasteiger partial charge in [-0.1, -0.05) is 28.5 Å². The van der Waals surface area contributed by atoms with Crippen molar-refractivity contribution in [2.45, 2.75) is 24.8 Å². The number of thioether (sulfide) groups is 1.